The molecular formula is C17H25N. The van der Waals surface area contributed by atoms with Gasteiger partial charge in [0.2, 0.25) is 0 Å². The normalized spacial score (nSPS) is 32.7. The van der Waals surface area contributed by atoms with Crippen LogP contribution in [-0.4, -0.2) is 17.0 Å². The molecule has 1 nitrogen and oxygen atoms in total. The number of nitrogens with zero attached hydrogens (tertiary/aromatic N) is 1. The third-order valence-electron chi connectivity index (χ3n) is 4.89. The number of hydrogen-bond acceptors (Lipinski definition) is 1. The van der Waals surface area contributed by atoms with Gasteiger partial charge in [0, 0.05) is 18.1 Å². The number of hydrogen-bond donors (Lipinski definition) is 0. The molecule has 0 aromatic heterocycles. The van der Waals surface area contributed by atoms with Gasteiger partial charge in [-0.3, -0.25) is 4.90 Å². The van der Waals surface area contributed by atoms with Crippen LogP contribution in [0.25, 0.3) is 0 Å². The lowest BCUT2D eigenvalue weighted by Crippen LogP contribution is -2.41. The molecule has 0 bridgehead atoms. The summed E-state index contributed by atoms with van der Waals surface area (Å²) in [5, 5.41) is 0. The van der Waals surface area contributed by atoms with Gasteiger partial charge >= 0.3 is 0 Å². The molecule has 1 aromatic rings. The Hall–Kier alpha value is -0.820. The van der Waals surface area contributed by atoms with Gasteiger partial charge in [-0.1, -0.05) is 36.8 Å². The molecule has 0 N–H and O–H groups in total. The van der Waals surface area contributed by atoms with E-state index in [1.54, 1.807) is 0 Å². The van der Waals surface area contributed by atoms with Crippen LogP contribution < -0.4 is 0 Å². The fourth-order valence-electron chi connectivity index (χ4n) is 4.07. The van der Waals surface area contributed by atoms with E-state index in [4.69, 9.17) is 0 Å². The van der Waals surface area contributed by atoms with E-state index in [1.165, 1.54) is 31.4 Å². The zero-order valence-corrected chi connectivity index (χ0v) is 11.9. The average Bonchev–Trinajstić information content (AvgIpc) is 2.88. The molecule has 3 rings (SSSR count). The van der Waals surface area contributed by atoms with Gasteiger partial charge in [-0.15, -0.1) is 0 Å². The second kappa shape index (κ2) is 4.38. The lowest BCUT2D eigenvalue weighted by Gasteiger charge is -2.39. The van der Waals surface area contributed by atoms with E-state index < -0.39 is 0 Å². The summed E-state index contributed by atoms with van der Waals surface area (Å²) < 4.78 is 0. The summed E-state index contributed by atoms with van der Waals surface area (Å²) in [6.07, 6.45) is 4.31. The monoisotopic (exact) mass is 243 g/mol. The van der Waals surface area contributed by atoms with E-state index in [1.807, 2.05) is 0 Å². The van der Waals surface area contributed by atoms with Gasteiger partial charge in [-0.25, -0.2) is 0 Å². The van der Waals surface area contributed by atoms with Gasteiger partial charge in [0.1, 0.15) is 0 Å². The van der Waals surface area contributed by atoms with Crippen LogP contribution in [-0.2, 0) is 0 Å². The quantitative estimate of drug-likeness (QED) is 0.712. The minimum atomic E-state index is 0.283. The van der Waals surface area contributed by atoms with Crippen molar-refractivity contribution in [2.75, 3.05) is 6.54 Å². The first kappa shape index (κ1) is 12.2. The Morgan fingerprint density at radius 2 is 1.78 bits per heavy atom. The highest BCUT2D eigenvalue weighted by atomic mass is 15.2. The molecule has 3 atom stereocenters. The first-order valence-electron chi connectivity index (χ1n) is 7.39. The van der Waals surface area contributed by atoms with E-state index in [0.717, 1.165) is 11.8 Å². The van der Waals surface area contributed by atoms with Gasteiger partial charge < -0.3 is 0 Å². The van der Waals surface area contributed by atoms with Crippen molar-refractivity contribution in [3.05, 3.63) is 35.9 Å². The highest BCUT2D eigenvalue weighted by molar-refractivity contribution is 5.23. The van der Waals surface area contributed by atoms with Crippen LogP contribution in [0.15, 0.2) is 30.3 Å². The zero-order chi connectivity index (χ0) is 12.8. The Morgan fingerprint density at radius 1 is 1.06 bits per heavy atom. The van der Waals surface area contributed by atoms with Crippen molar-refractivity contribution in [2.24, 2.45) is 11.8 Å². The summed E-state index contributed by atoms with van der Waals surface area (Å²) in [6.45, 7) is 8.39. The molecule has 2 fully saturated rings. The van der Waals surface area contributed by atoms with Crippen LogP contribution in [0.2, 0.25) is 0 Å². The minimum absolute atomic E-state index is 0.283. The van der Waals surface area contributed by atoms with Gasteiger partial charge in [-0.05, 0) is 51.0 Å². The van der Waals surface area contributed by atoms with Crippen LogP contribution >= 0.6 is 0 Å². The molecule has 1 saturated heterocycles. The summed E-state index contributed by atoms with van der Waals surface area (Å²) in [5.74, 6) is 1.83. The van der Waals surface area contributed by atoms with E-state index in [0.29, 0.717) is 6.04 Å². The predicted octanol–water partition coefficient (Wildman–Crippen LogP) is 4.26. The molecule has 1 heteroatoms. The average molecular weight is 243 g/mol. The van der Waals surface area contributed by atoms with E-state index in [2.05, 4.69) is 56.0 Å². The molecule has 1 aliphatic heterocycles. The van der Waals surface area contributed by atoms with E-state index in [9.17, 15) is 0 Å². The summed E-state index contributed by atoms with van der Waals surface area (Å²) in [4.78, 5) is 2.75. The fourth-order valence-corrected chi connectivity index (χ4v) is 4.07. The summed E-state index contributed by atoms with van der Waals surface area (Å²) in [5.41, 5.74) is 1.81. The Balaban J connectivity index is 1.96. The molecule has 1 aromatic carbocycles. The third-order valence-corrected chi connectivity index (χ3v) is 4.89. The van der Waals surface area contributed by atoms with Crippen LogP contribution in [0.4, 0.5) is 0 Å². The van der Waals surface area contributed by atoms with Gasteiger partial charge in [0.15, 0.2) is 0 Å². The maximum absolute atomic E-state index is 2.75. The summed E-state index contributed by atoms with van der Waals surface area (Å²) >= 11 is 0. The van der Waals surface area contributed by atoms with E-state index in [-0.39, 0.29) is 5.54 Å². The van der Waals surface area contributed by atoms with Crippen LogP contribution in [0.5, 0.6) is 0 Å². The molecule has 2 aliphatic rings. The topological polar surface area (TPSA) is 3.24 Å². The molecule has 1 aliphatic carbocycles. The summed E-state index contributed by atoms with van der Waals surface area (Å²) in [6, 6.07) is 11.8. The van der Waals surface area contributed by atoms with Crippen LogP contribution in [0.1, 0.15) is 51.6 Å². The number of fused-ring (bicyclic) bond motifs is 1. The molecule has 98 valence electrons. The van der Waals surface area contributed by atoms with Crippen molar-refractivity contribution < 1.29 is 0 Å². The Morgan fingerprint density at radius 3 is 2.44 bits per heavy atom. The lowest BCUT2D eigenvalue weighted by molar-refractivity contribution is 0.103. The number of likely N-dealkylation sites (tertiary alicyclic amines) is 1. The highest BCUT2D eigenvalue weighted by Gasteiger charge is 2.47. The SMILES string of the molecule is CC(C)(C)N1CC2CCCC2C1c1ccccc1. The molecule has 1 saturated carbocycles. The molecule has 0 spiro atoms. The Kier molecular flexibility index (Phi) is 2.97. The van der Waals surface area contributed by atoms with E-state index >= 15 is 0 Å². The molecule has 0 radical (unpaired) electrons. The van der Waals surface area contributed by atoms with Crippen molar-refractivity contribution in [2.45, 2.75) is 51.6 Å². The van der Waals surface area contributed by atoms with Crippen molar-refractivity contribution in [1.29, 1.82) is 0 Å². The smallest absolute Gasteiger partial charge is 0.0384 e. The number of rotatable bonds is 1. The second-order valence-corrected chi connectivity index (χ2v) is 7.03. The van der Waals surface area contributed by atoms with Crippen molar-refractivity contribution in [3.8, 4) is 0 Å². The Labute approximate surface area is 111 Å². The minimum Gasteiger partial charge on any atom is -0.291 e. The Bertz CT molecular complexity index is 403. The van der Waals surface area contributed by atoms with Gasteiger partial charge in [0.25, 0.3) is 0 Å². The van der Waals surface area contributed by atoms with Crippen molar-refractivity contribution in [1.82, 2.24) is 4.90 Å². The van der Waals surface area contributed by atoms with Gasteiger partial charge in [0.05, 0.1) is 0 Å². The first-order valence-corrected chi connectivity index (χ1v) is 7.39. The molecular weight excluding hydrogens is 218 g/mol. The van der Waals surface area contributed by atoms with Crippen LogP contribution in [0, 0.1) is 11.8 Å². The standard InChI is InChI=1S/C17H25N/c1-17(2,3)18-12-14-10-7-11-15(14)16(18)13-8-5-4-6-9-13/h4-6,8-9,14-16H,7,10-12H2,1-3H3. The van der Waals surface area contributed by atoms with Crippen LogP contribution in [0.3, 0.4) is 0 Å². The highest BCUT2D eigenvalue weighted by Crippen LogP contribution is 2.51. The molecule has 18 heavy (non-hydrogen) atoms. The van der Waals surface area contributed by atoms with Crippen molar-refractivity contribution >= 4 is 0 Å². The number of benzene rings is 1. The maximum Gasteiger partial charge on any atom is 0.0384 e. The molecule has 0 amide bonds. The lowest BCUT2D eigenvalue weighted by atomic mass is 9.88. The first-order chi connectivity index (χ1) is 8.57. The zero-order valence-electron chi connectivity index (χ0n) is 11.9. The summed E-state index contributed by atoms with van der Waals surface area (Å²) in [7, 11) is 0. The van der Waals surface area contributed by atoms with Gasteiger partial charge in [-0.2, -0.15) is 0 Å². The predicted molar refractivity (Wildman–Crippen MR) is 76.5 cm³/mol. The fraction of sp³-hybridized carbons (Fsp3) is 0.647. The largest absolute Gasteiger partial charge is 0.291 e. The molecule has 1 heterocycles. The van der Waals surface area contributed by atoms with Crippen molar-refractivity contribution in [3.63, 3.8) is 0 Å². The maximum atomic E-state index is 2.75. The third kappa shape index (κ3) is 1.99. The second-order valence-electron chi connectivity index (χ2n) is 7.03. The molecule has 3 unspecified atom stereocenters.